The molecule has 0 saturated carbocycles. The zero-order valence-electron chi connectivity index (χ0n) is 11.0. The molecule has 0 aliphatic rings. The minimum absolute atomic E-state index is 0.629. The summed E-state index contributed by atoms with van der Waals surface area (Å²) in [6, 6.07) is 0. The molecule has 0 N–H and O–H groups in total. The van der Waals surface area contributed by atoms with Gasteiger partial charge in [-0.25, -0.2) is 0 Å². The van der Waals surface area contributed by atoms with Crippen LogP contribution in [0.15, 0.2) is 23.3 Å². The summed E-state index contributed by atoms with van der Waals surface area (Å²) in [5.41, 5.74) is 2.83. The Bertz CT molecular complexity index is 207. The first-order chi connectivity index (χ1) is 7.02. The van der Waals surface area contributed by atoms with E-state index in [2.05, 4.69) is 46.8 Å². The van der Waals surface area contributed by atoms with Crippen LogP contribution in [0.25, 0.3) is 0 Å². The van der Waals surface area contributed by atoms with Gasteiger partial charge in [0.15, 0.2) is 0 Å². The van der Waals surface area contributed by atoms with E-state index in [0.29, 0.717) is 5.92 Å². The van der Waals surface area contributed by atoms with Gasteiger partial charge in [-0.15, -0.1) is 0 Å². The molecule has 0 fully saturated rings. The zero-order chi connectivity index (χ0) is 11.7. The van der Waals surface area contributed by atoms with E-state index in [9.17, 15) is 0 Å². The quantitative estimate of drug-likeness (QED) is 0.448. The fraction of sp³-hybridized carbons (Fsp3) is 0.714. The second-order valence-corrected chi connectivity index (χ2v) is 4.80. The second-order valence-electron chi connectivity index (χ2n) is 4.80. The largest absolute Gasteiger partial charge is 0.377 e. The van der Waals surface area contributed by atoms with Crippen LogP contribution in [-0.2, 0) is 4.74 Å². The van der Waals surface area contributed by atoms with Crippen LogP contribution in [0.1, 0.15) is 47.5 Å². The van der Waals surface area contributed by atoms with Crippen LogP contribution in [0.5, 0.6) is 0 Å². The number of hydrogen-bond donors (Lipinski definition) is 0. The third-order valence-corrected chi connectivity index (χ3v) is 2.09. The molecule has 1 nitrogen and oxygen atoms in total. The van der Waals surface area contributed by atoms with Gasteiger partial charge in [-0.05, 0) is 39.5 Å². The van der Waals surface area contributed by atoms with Gasteiger partial charge in [-0.3, -0.25) is 0 Å². The molecule has 0 spiro atoms. The molecule has 0 amide bonds. The molecule has 0 aliphatic heterocycles. The van der Waals surface area contributed by atoms with Crippen molar-refractivity contribution in [3.63, 3.8) is 0 Å². The van der Waals surface area contributed by atoms with Crippen molar-refractivity contribution in [3.8, 4) is 0 Å². The second kappa shape index (κ2) is 8.72. The van der Waals surface area contributed by atoms with Crippen molar-refractivity contribution in [2.45, 2.75) is 47.5 Å². The van der Waals surface area contributed by atoms with Crippen molar-refractivity contribution in [1.82, 2.24) is 0 Å². The van der Waals surface area contributed by atoms with Crippen LogP contribution in [0.4, 0.5) is 0 Å². The van der Waals surface area contributed by atoms with Crippen LogP contribution in [0.3, 0.4) is 0 Å². The smallest absolute Gasteiger partial charge is 0.0650 e. The van der Waals surface area contributed by atoms with Crippen molar-refractivity contribution in [1.29, 1.82) is 0 Å². The standard InChI is InChI=1S/C14H26O/c1-12(2)7-6-8-14(5)9-10-15-11-13(3)4/h7,9,13H,6,8,10-11H2,1-5H3/b14-9+. The van der Waals surface area contributed by atoms with Crippen LogP contribution >= 0.6 is 0 Å². The van der Waals surface area contributed by atoms with Gasteiger partial charge in [-0.1, -0.05) is 37.1 Å². The van der Waals surface area contributed by atoms with Gasteiger partial charge >= 0.3 is 0 Å². The Labute approximate surface area is 95.2 Å². The Balaban J connectivity index is 3.57. The molecule has 0 bridgehead atoms. The monoisotopic (exact) mass is 210 g/mol. The fourth-order valence-corrected chi connectivity index (χ4v) is 1.20. The summed E-state index contributed by atoms with van der Waals surface area (Å²) in [7, 11) is 0. The van der Waals surface area contributed by atoms with Crippen molar-refractivity contribution < 1.29 is 4.74 Å². The summed E-state index contributed by atoms with van der Waals surface area (Å²) in [5, 5.41) is 0. The van der Waals surface area contributed by atoms with Crippen LogP contribution in [-0.4, -0.2) is 13.2 Å². The molecule has 0 aromatic heterocycles. The van der Waals surface area contributed by atoms with Crippen molar-refractivity contribution in [3.05, 3.63) is 23.3 Å². The van der Waals surface area contributed by atoms with E-state index < -0.39 is 0 Å². The van der Waals surface area contributed by atoms with Crippen LogP contribution < -0.4 is 0 Å². The molecule has 0 atom stereocenters. The lowest BCUT2D eigenvalue weighted by atomic mass is 10.1. The summed E-state index contributed by atoms with van der Waals surface area (Å²) < 4.78 is 5.50. The Morgan fingerprint density at radius 2 is 1.80 bits per heavy atom. The average molecular weight is 210 g/mol. The number of hydrogen-bond acceptors (Lipinski definition) is 1. The van der Waals surface area contributed by atoms with Gasteiger partial charge in [0.2, 0.25) is 0 Å². The molecule has 1 heteroatoms. The fourth-order valence-electron chi connectivity index (χ4n) is 1.20. The van der Waals surface area contributed by atoms with Gasteiger partial charge in [-0.2, -0.15) is 0 Å². The van der Waals surface area contributed by atoms with E-state index in [-0.39, 0.29) is 0 Å². The topological polar surface area (TPSA) is 9.23 Å². The zero-order valence-corrected chi connectivity index (χ0v) is 11.0. The lowest BCUT2D eigenvalue weighted by Gasteiger charge is -2.04. The van der Waals surface area contributed by atoms with Gasteiger partial charge in [0, 0.05) is 6.61 Å². The minimum Gasteiger partial charge on any atom is -0.377 e. The first-order valence-corrected chi connectivity index (χ1v) is 5.89. The van der Waals surface area contributed by atoms with Crippen molar-refractivity contribution >= 4 is 0 Å². The maximum Gasteiger partial charge on any atom is 0.0650 e. The summed E-state index contributed by atoms with van der Waals surface area (Å²) in [5.74, 6) is 0.629. The lowest BCUT2D eigenvalue weighted by molar-refractivity contribution is 0.134. The Morgan fingerprint density at radius 1 is 1.13 bits per heavy atom. The molecule has 0 saturated heterocycles. The number of allylic oxidation sites excluding steroid dienone is 3. The Kier molecular flexibility index (Phi) is 8.40. The van der Waals surface area contributed by atoms with E-state index >= 15 is 0 Å². The molecule has 0 rings (SSSR count). The highest BCUT2D eigenvalue weighted by Crippen LogP contribution is 2.06. The summed E-state index contributed by atoms with van der Waals surface area (Å²) in [4.78, 5) is 0. The SMILES string of the molecule is CC(C)=CCC/C(C)=C/COCC(C)C. The van der Waals surface area contributed by atoms with E-state index in [0.717, 1.165) is 26.1 Å². The molecular formula is C14H26O. The molecular weight excluding hydrogens is 184 g/mol. The molecule has 0 radical (unpaired) electrons. The number of rotatable bonds is 7. The van der Waals surface area contributed by atoms with Crippen molar-refractivity contribution in [2.75, 3.05) is 13.2 Å². The lowest BCUT2D eigenvalue weighted by Crippen LogP contribution is -2.01. The van der Waals surface area contributed by atoms with Gasteiger partial charge in [0.25, 0.3) is 0 Å². The molecule has 0 aromatic rings. The van der Waals surface area contributed by atoms with Gasteiger partial charge in [0.05, 0.1) is 6.61 Å². The summed E-state index contributed by atoms with van der Waals surface area (Å²) in [6.07, 6.45) is 6.78. The van der Waals surface area contributed by atoms with Gasteiger partial charge in [0.1, 0.15) is 0 Å². The third kappa shape index (κ3) is 11.4. The molecule has 0 aromatic carbocycles. The van der Waals surface area contributed by atoms with E-state index in [1.807, 2.05) is 0 Å². The predicted octanol–water partition coefficient (Wildman–Crippen LogP) is 4.35. The number of ether oxygens (including phenoxy) is 1. The highest BCUT2D eigenvalue weighted by atomic mass is 16.5. The van der Waals surface area contributed by atoms with Crippen LogP contribution in [0.2, 0.25) is 0 Å². The Hall–Kier alpha value is -0.560. The first kappa shape index (κ1) is 14.4. The van der Waals surface area contributed by atoms with E-state index in [1.165, 1.54) is 11.1 Å². The third-order valence-electron chi connectivity index (χ3n) is 2.09. The maximum absolute atomic E-state index is 5.50. The molecule has 15 heavy (non-hydrogen) atoms. The normalized spacial score (nSPS) is 12.0. The molecule has 0 unspecified atom stereocenters. The maximum atomic E-state index is 5.50. The molecule has 0 heterocycles. The van der Waals surface area contributed by atoms with E-state index in [4.69, 9.17) is 4.74 Å². The summed E-state index contributed by atoms with van der Waals surface area (Å²) in [6.45, 7) is 12.4. The van der Waals surface area contributed by atoms with Crippen molar-refractivity contribution in [2.24, 2.45) is 5.92 Å². The first-order valence-electron chi connectivity index (χ1n) is 5.89. The Morgan fingerprint density at radius 3 is 2.33 bits per heavy atom. The highest BCUT2D eigenvalue weighted by molar-refractivity contribution is 5.02. The highest BCUT2D eigenvalue weighted by Gasteiger charge is 1.92. The minimum atomic E-state index is 0.629. The van der Waals surface area contributed by atoms with Gasteiger partial charge < -0.3 is 4.74 Å². The molecule has 0 aliphatic carbocycles. The summed E-state index contributed by atoms with van der Waals surface area (Å²) >= 11 is 0. The molecule has 88 valence electrons. The van der Waals surface area contributed by atoms with E-state index in [1.54, 1.807) is 0 Å². The average Bonchev–Trinajstić information content (AvgIpc) is 2.11. The van der Waals surface area contributed by atoms with Crippen LogP contribution in [0, 0.1) is 5.92 Å². The predicted molar refractivity (Wildman–Crippen MR) is 68.1 cm³/mol.